The van der Waals surface area contributed by atoms with Gasteiger partial charge >= 0.3 is 8.56 Å². The molecular formula is C8H19NO3Si. The molecule has 0 aromatic carbocycles. The van der Waals surface area contributed by atoms with Gasteiger partial charge in [0.15, 0.2) is 0 Å². The Morgan fingerprint density at radius 1 is 1.38 bits per heavy atom. The second-order valence-corrected chi connectivity index (χ2v) is 6.71. The van der Waals surface area contributed by atoms with E-state index in [2.05, 4.69) is 5.32 Å². The molecule has 0 radical (unpaired) electrons. The van der Waals surface area contributed by atoms with E-state index in [4.69, 9.17) is 8.85 Å². The van der Waals surface area contributed by atoms with Crippen LogP contribution in [0.2, 0.25) is 12.6 Å². The number of amides is 1. The highest BCUT2D eigenvalue weighted by atomic mass is 28.4. The fourth-order valence-corrected chi connectivity index (χ4v) is 2.36. The lowest BCUT2D eigenvalue weighted by molar-refractivity contribution is -0.118. The maximum Gasteiger partial charge on any atom is 0.334 e. The van der Waals surface area contributed by atoms with Gasteiger partial charge in [-0.15, -0.1) is 0 Å². The van der Waals surface area contributed by atoms with Crippen molar-refractivity contribution in [1.29, 1.82) is 0 Å². The molecule has 78 valence electrons. The Morgan fingerprint density at radius 2 is 1.92 bits per heavy atom. The Hall–Kier alpha value is -0.393. The highest BCUT2D eigenvalue weighted by Crippen LogP contribution is 2.12. The molecule has 4 nitrogen and oxygen atoms in total. The van der Waals surface area contributed by atoms with Crippen molar-refractivity contribution in [2.24, 2.45) is 0 Å². The molecule has 0 bridgehead atoms. The second kappa shape index (κ2) is 6.12. The summed E-state index contributed by atoms with van der Waals surface area (Å²) in [5.74, 6) is 0.0122. The van der Waals surface area contributed by atoms with Crippen molar-refractivity contribution < 1.29 is 13.6 Å². The largest absolute Gasteiger partial charge is 0.398 e. The van der Waals surface area contributed by atoms with Crippen LogP contribution in [0, 0.1) is 0 Å². The van der Waals surface area contributed by atoms with E-state index in [0.717, 1.165) is 12.5 Å². The van der Waals surface area contributed by atoms with Gasteiger partial charge in [-0.25, -0.2) is 0 Å². The third-order valence-electron chi connectivity index (χ3n) is 2.05. The number of hydrogen-bond donors (Lipinski definition) is 1. The van der Waals surface area contributed by atoms with E-state index in [9.17, 15) is 4.79 Å². The first-order valence-electron chi connectivity index (χ1n) is 4.39. The zero-order valence-electron chi connectivity index (χ0n) is 8.85. The van der Waals surface area contributed by atoms with Gasteiger partial charge in [0.25, 0.3) is 0 Å². The summed E-state index contributed by atoms with van der Waals surface area (Å²) in [5.41, 5.74) is 0. The highest BCUT2D eigenvalue weighted by Gasteiger charge is 2.27. The van der Waals surface area contributed by atoms with Crippen LogP contribution in [-0.4, -0.2) is 35.2 Å². The summed E-state index contributed by atoms with van der Waals surface area (Å²) in [4.78, 5) is 10.5. The smallest absolute Gasteiger partial charge is 0.334 e. The summed E-state index contributed by atoms with van der Waals surface area (Å²) in [6.07, 6.45) is 0.907. The molecule has 0 heterocycles. The van der Waals surface area contributed by atoms with Crippen molar-refractivity contribution in [2.45, 2.75) is 25.9 Å². The summed E-state index contributed by atoms with van der Waals surface area (Å²) >= 11 is 0. The molecule has 0 aliphatic heterocycles. The third-order valence-corrected chi connectivity index (χ3v) is 5.03. The molecule has 1 N–H and O–H groups in total. The summed E-state index contributed by atoms with van der Waals surface area (Å²) in [7, 11) is 1.43. The van der Waals surface area contributed by atoms with Crippen LogP contribution in [0.15, 0.2) is 0 Å². The van der Waals surface area contributed by atoms with Crippen molar-refractivity contribution in [2.75, 3.05) is 20.8 Å². The van der Waals surface area contributed by atoms with Crippen molar-refractivity contribution in [3.05, 3.63) is 0 Å². The van der Waals surface area contributed by atoms with E-state index >= 15 is 0 Å². The summed E-state index contributed by atoms with van der Waals surface area (Å²) in [6.45, 7) is 4.23. The molecule has 0 aliphatic rings. The topological polar surface area (TPSA) is 47.6 Å². The van der Waals surface area contributed by atoms with Crippen molar-refractivity contribution in [1.82, 2.24) is 5.32 Å². The quantitative estimate of drug-likeness (QED) is 0.517. The van der Waals surface area contributed by atoms with E-state index in [0.29, 0.717) is 6.54 Å². The first kappa shape index (κ1) is 12.6. The van der Waals surface area contributed by atoms with Gasteiger partial charge in [-0.2, -0.15) is 0 Å². The molecule has 0 aliphatic carbocycles. The lowest BCUT2D eigenvalue weighted by Gasteiger charge is -2.22. The van der Waals surface area contributed by atoms with E-state index in [1.165, 1.54) is 6.92 Å². The first-order valence-corrected chi connectivity index (χ1v) is 6.91. The number of hydrogen-bond acceptors (Lipinski definition) is 3. The zero-order chi connectivity index (χ0) is 10.3. The summed E-state index contributed by atoms with van der Waals surface area (Å²) in [5, 5.41) is 2.74. The predicted molar refractivity (Wildman–Crippen MR) is 53.7 cm³/mol. The second-order valence-electron chi connectivity index (χ2n) is 3.13. The number of nitrogens with one attached hydrogen (secondary N) is 1. The highest BCUT2D eigenvalue weighted by molar-refractivity contribution is 6.65. The summed E-state index contributed by atoms with van der Waals surface area (Å²) < 4.78 is 10.6. The van der Waals surface area contributed by atoms with Crippen LogP contribution < -0.4 is 5.32 Å². The Kier molecular flexibility index (Phi) is 5.94. The van der Waals surface area contributed by atoms with Gasteiger partial charge < -0.3 is 14.2 Å². The van der Waals surface area contributed by atoms with Gasteiger partial charge in [0.05, 0.1) is 0 Å². The number of carbonyl (C=O) groups is 1. The molecular weight excluding hydrogens is 186 g/mol. The maximum atomic E-state index is 10.5. The maximum absolute atomic E-state index is 10.5. The third kappa shape index (κ3) is 5.79. The molecule has 0 aromatic rings. The minimum absolute atomic E-state index is 0.0122. The Labute approximate surface area is 80.9 Å². The molecule has 0 aromatic heterocycles. The van der Waals surface area contributed by atoms with Crippen molar-refractivity contribution in [3.63, 3.8) is 0 Å². The lowest BCUT2D eigenvalue weighted by Crippen LogP contribution is -2.36. The average Bonchev–Trinajstić information content (AvgIpc) is 2.12. The molecule has 13 heavy (non-hydrogen) atoms. The predicted octanol–water partition coefficient (Wildman–Crippen LogP) is 0.877. The van der Waals surface area contributed by atoms with Gasteiger partial charge in [0, 0.05) is 27.7 Å². The average molecular weight is 205 g/mol. The van der Waals surface area contributed by atoms with E-state index < -0.39 is 8.56 Å². The molecule has 1 amide bonds. The van der Waals surface area contributed by atoms with Gasteiger partial charge in [0.1, 0.15) is 0 Å². The lowest BCUT2D eigenvalue weighted by atomic mass is 10.5. The molecule has 0 saturated carbocycles. The minimum Gasteiger partial charge on any atom is -0.398 e. The van der Waals surface area contributed by atoms with Crippen LogP contribution in [0.4, 0.5) is 0 Å². The number of carbonyl (C=O) groups excluding carboxylic acids is 1. The molecule has 0 unspecified atom stereocenters. The fraction of sp³-hybridized carbons (Fsp3) is 0.875. The van der Waals surface area contributed by atoms with Crippen LogP contribution in [0.5, 0.6) is 0 Å². The van der Waals surface area contributed by atoms with Crippen LogP contribution in [0.1, 0.15) is 13.3 Å². The molecule has 0 fully saturated rings. The van der Waals surface area contributed by atoms with Gasteiger partial charge in [0.2, 0.25) is 5.91 Å². The monoisotopic (exact) mass is 205 g/mol. The number of rotatable bonds is 6. The van der Waals surface area contributed by atoms with E-state index in [1.54, 1.807) is 14.2 Å². The molecule has 0 saturated heterocycles. The minimum atomic E-state index is -1.92. The standard InChI is InChI=1S/C8H19NO3Si/c1-8(10)9-6-5-7-13(4,11-2)12-3/h5-7H2,1-4H3,(H,9,10). The SMILES string of the molecule is CO[Si](C)(CCCNC(C)=O)OC. The fourth-order valence-electron chi connectivity index (χ4n) is 0.961. The molecule has 0 spiro atoms. The van der Waals surface area contributed by atoms with Crippen LogP contribution in [0.25, 0.3) is 0 Å². The van der Waals surface area contributed by atoms with Crippen molar-refractivity contribution in [3.8, 4) is 0 Å². The van der Waals surface area contributed by atoms with Gasteiger partial charge in [-0.1, -0.05) is 0 Å². The normalized spacial score (nSPS) is 11.4. The Bertz CT molecular complexity index is 159. The Balaban J connectivity index is 3.55. The van der Waals surface area contributed by atoms with E-state index in [1.807, 2.05) is 6.55 Å². The molecule has 0 atom stereocenters. The van der Waals surface area contributed by atoms with Crippen LogP contribution in [-0.2, 0) is 13.6 Å². The molecule has 5 heteroatoms. The Morgan fingerprint density at radius 3 is 2.31 bits per heavy atom. The zero-order valence-corrected chi connectivity index (χ0v) is 9.85. The first-order chi connectivity index (χ1) is 6.04. The van der Waals surface area contributed by atoms with Crippen LogP contribution >= 0.6 is 0 Å². The molecule has 0 rings (SSSR count). The van der Waals surface area contributed by atoms with Crippen LogP contribution in [0.3, 0.4) is 0 Å². The summed E-state index contributed by atoms with van der Waals surface area (Å²) in [6, 6.07) is 0.903. The van der Waals surface area contributed by atoms with Gasteiger partial charge in [-0.05, 0) is 19.0 Å². The van der Waals surface area contributed by atoms with Gasteiger partial charge in [-0.3, -0.25) is 4.79 Å². The van der Waals surface area contributed by atoms with Crippen molar-refractivity contribution >= 4 is 14.5 Å². The van der Waals surface area contributed by atoms with E-state index in [-0.39, 0.29) is 5.91 Å².